The second kappa shape index (κ2) is 6.18. The Morgan fingerprint density at radius 2 is 2.00 bits per heavy atom. The van der Waals surface area contributed by atoms with Gasteiger partial charge in [0.1, 0.15) is 5.78 Å². The zero-order chi connectivity index (χ0) is 10.4. The summed E-state index contributed by atoms with van der Waals surface area (Å²) in [6.07, 6.45) is 8.05. The SMILES string of the molecule is CCCC(CN)C(=O)C1CCCCC1. The van der Waals surface area contributed by atoms with Crippen molar-refractivity contribution in [3.63, 3.8) is 0 Å². The van der Waals surface area contributed by atoms with Crippen molar-refractivity contribution in [3.8, 4) is 0 Å². The van der Waals surface area contributed by atoms with Crippen molar-refractivity contribution in [1.82, 2.24) is 0 Å². The number of ketones is 1. The van der Waals surface area contributed by atoms with E-state index in [0.29, 0.717) is 18.2 Å². The molecule has 0 bridgehead atoms. The first-order chi connectivity index (χ1) is 6.79. The number of Topliss-reactive ketones (excluding diaryl/α,β-unsaturated/α-hetero) is 1. The summed E-state index contributed by atoms with van der Waals surface area (Å²) in [5.41, 5.74) is 5.65. The van der Waals surface area contributed by atoms with Gasteiger partial charge < -0.3 is 5.73 Å². The average molecular weight is 197 g/mol. The number of carbonyl (C=O) groups excluding carboxylic acids is 1. The van der Waals surface area contributed by atoms with E-state index in [4.69, 9.17) is 5.73 Å². The lowest BCUT2D eigenvalue weighted by atomic mass is 9.80. The van der Waals surface area contributed by atoms with Gasteiger partial charge in [-0.15, -0.1) is 0 Å². The fraction of sp³-hybridized carbons (Fsp3) is 0.917. The molecule has 0 amide bonds. The Balaban J connectivity index is 2.43. The predicted octanol–water partition coefficient (Wildman–Crippen LogP) is 2.51. The van der Waals surface area contributed by atoms with Crippen LogP contribution in [0.4, 0.5) is 0 Å². The first-order valence-corrected chi connectivity index (χ1v) is 6.03. The Kier molecular flexibility index (Phi) is 5.16. The minimum Gasteiger partial charge on any atom is -0.330 e. The molecule has 1 unspecified atom stereocenters. The van der Waals surface area contributed by atoms with Gasteiger partial charge in [-0.05, 0) is 19.3 Å². The lowest BCUT2D eigenvalue weighted by Gasteiger charge is -2.24. The summed E-state index contributed by atoms with van der Waals surface area (Å²) in [6, 6.07) is 0. The van der Waals surface area contributed by atoms with Gasteiger partial charge in [-0.25, -0.2) is 0 Å². The van der Waals surface area contributed by atoms with E-state index in [9.17, 15) is 4.79 Å². The highest BCUT2D eigenvalue weighted by molar-refractivity contribution is 5.83. The van der Waals surface area contributed by atoms with E-state index in [1.54, 1.807) is 0 Å². The van der Waals surface area contributed by atoms with Crippen LogP contribution < -0.4 is 5.73 Å². The van der Waals surface area contributed by atoms with Crippen molar-refractivity contribution in [2.24, 2.45) is 17.6 Å². The van der Waals surface area contributed by atoms with E-state index in [-0.39, 0.29) is 5.92 Å². The van der Waals surface area contributed by atoms with Crippen molar-refractivity contribution in [2.45, 2.75) is 51.9 Å². The van der Waals surface area contributed by atoms with Crippen LogP contribution in [0, 0.1) is 11.8 Å². The van der Waals surface area contributed by atoms with Gasteiger partial charge in [0.15, 0.2) is 0 Å². The lowest BCUT2D eigenvalue weighted by Crippen LogP contribution is -2.30. The number of carbonyl (C=O) groups is 1. The summed E-state index contributed by atoms with van der Waals surface area (Å²) in [5.74, 6) is 0.931. The molecule has 0 spiro atoms. The second-order valence-electron chi connectivity index (χ2n) is 4.46. The Labute approximate surface area is 87.2 Å². The number of nitrogens with two attached hydrogens (primary N) is 1. The number of hydrogen-bond donors (Lipinski definition) is 1. The topological polar surface area (TPSA) is 43.1 Å². The molecule has 0 aromatic rings. The molecule has 1 saturated carbocycles. The van der Waals surface area contributed by atoms with Gasteiger partial charge in [-0.2, -0.15) is 0 Å². The molecule has 1 rings (SSSR count). The molecule has 0 aliphatic heterocycles. The van der Waals surface area contributed by atoms with Crippen LogP contribution >= 0.6 is 0 Å². The minimum absolute atomic E-state index is 0.142. The van der Waals surface area contributed by atoms with Crippen LogP contribution in [-0.4, -0.2) is 12.3 Å². The molecule has 0 saturated heterocycles. The molecule has 0 radical (unpaired) electrons. The first kappa shape index (κ1) is 11.7. The van der Waals surface area contributed by atoms with Gasteiger partial charge in [0.2, 0.25) is 0 Å². The average Bonchev–Trinajstić information content (AvgIpc) is 2.26. The standard InChI is InChI=1S/C12H23NO/c1-2-6-11(9-13)12(14)10-7-4-3-5-8-10/h10-11H,2-9,13H2,1H3. The third-order valence-corrected chi connectivity index (χ3v) is 3.33. The van der Waals surface area contributed by atoms with Crippen molar-refractivity contribution >= 4 is 5.78 Å². The highest BCUT2D eigenvalue weighted by atomic mass is 16.1. The Hall–Kier alpha value is -0.370. The van der Waals surface area contributed by atoms with Gasteiger partial charge in [0.25, 0.3) is 0 Å². The largest absolute Gasteiger partial charge is 0.330 e. The maximum Gasteiger partial charge on any atom is 0.140 e. The van der Waals surface area contributed by atoms with Crippen LogP contribution in [0.3, 0.4) is 0 Å². The molecule has 2 N–H and O–H groups in total. The van der Waals surface area contributed by atoms with Gasteiger partial charge in [-0.1, -0.05) is 32.6 Å². The molecule has 0 aromatic heterocycles. The molecule has 1 atom stereocenters. The minimum atomic E-state index is 0.142. The van der Waals surface area contributed by atoms with Crippen LogP contribution in [0.15, 0.2) is 0 Å². The molecule has 82 valence electrons. The molecular formula is C12H23NO. The van der Waals surface area contributed by atoms with Crippen molar-refractivity contribution in [3.05, 3.63) is 0 Å². The van der Waals surface area contributed by atoms with Gasteiger partial charge in [-0.3, -0.25) is 4.79 Å². The molecular weight excluding hydrogens is 174 g/mol. The van der Waals surface area contributed by atoms with Crippen molar-refractivity contribution < 1.29 is 4.79 Å². The third-order valence-electron chi connectivity index (χ3n) is 3.33. The zero-order valence-corrected chi connectivity index (χ0v) is 9.30. The summed E-state index contributed by atoms with van der Waals surface area (Å²) >= 11 is 0. The maximum absolute atomic E-state index is 12.0. The molecule has 0 heterocycles. The molecule has 1 aliphatic rings. The second-order valence-corrected chi connectivity index (χ2v) is 4.46. The molecule has 14 heavy (non-hydrogen) atoms. The van der Waals surface area contributed by atoms with Crippen LogP contribution in [0.25, 0.3) is 0 Å². The molecule has 1 fully saturated rings. The highest BCUT2D eigenvalue weighted by Gasteiger charge is 2.26. The lowest BCUT2D eigenvalue weighted by molar-refractivity contribution is -0.127. The Morgan fingerprint density at radius 1 is 1.36 bits per heavy atom. The Morgan fingerprint density at radius 3 is 2.50 bits per heavy atom. The fourth-order valence-electron chi connectivity index (χ4n) is 2.45. The number of hydrogen-bond acceptors (Lipinski definition) is 2. The van der Waals surface area contributed by atoms with Gasteiger partial charge in [0.05, 0.1) is 0 Å². The van der Waals surface area contributed by atoms with Crippen LogP contribution in [-0.2, 0) is 4.79 Å². The summed E-state index contributed by atoms with van der Waals surface area (Å²) in [4.78, 5) is 12.0. The fourth-order valence-corrected chi connectivity index (χ4v) is 2.45. The van der Waals surface area contributed by atoms with E-state index in [1.165, 1.54) is 19.3 Å². The third kappa shape index (κ3) is 3.09. The summed E-state index contributed by atoms with van der Waals surface area (Å²) in [5, 5.41) is 0. The summed E-state index contributed by atoms with van der Waals surface area (Å²) in [7, 11) is 0. The van der Waals surface area contributed by atoms with Crippen molar-refractivity contribution in [2.75, 3.05) is 6.54 Å². The smallest absolute Gasteiger partial charge is 0.140 e. The van der Waals surface area contributed by atoms with Gasteiger partial charge >= 0.3 is 0 Å². The molecule has 2 heteroatoms. The number of rotatable bonds is 5. The predicted molar refractivity (Wildman–Crippen MR) is 59.0 cm³/mol. The quantitative estimate of drug-likeness (QED) is 0.736. The highest BCUT2D eigenvalue weighted by Crippen LogP contribution is 2.27. The molecule has 2 nitrogen and oxygen atoms in total. The van der Waals surface area contributed by atoms with Crippen LogP contribution in [0.2, 0.25) is 0 Å². The molecule has 1 aliphatic carbocycles. The summed E-state index contributed by atoms with van der Waals surface area (Å²) < 4.78 is 0. The van der Waals surface area contributed by atoms with E-state index in [1.807, 2.05) is 0 Å². The van der Waals surface area contributed by atoms with E-state index in [2.05, 4.69) is 6.92 Å². The van der Waals surface area contributed by atoms with E-state index >= 15 is 0 Å². The van der Waals surface area contributed by atoms with Crippen LogP contribution in [0.1, 0.15) is 51.9 Å². The summed E-state index contributed by atoms with van der Waals surface area (Å²) in [6.45, 7) is 2.67. The van der Waals surface area contributed by atoms with E-state index < -0.39 is 0 Å². The van der Waals surface area contributed by atoms with Crippen molar-refractivity contribution in [1.29, 1.82) is 0 Å². The molecule has 0 aromatic carbocycles. The normalized spacial score (nSPS) is 20.7. The Bertz CT molecular complexity index is 166. The van der Waals surface area contributed by atoms with E-state index in [0.717, 1.165) is 25.7 Å². The van der Waals surface area contributed by atoms with Crippen LogP contribution in [0.5, 0.6) is 0 Å². The maximum atomic E-state index is 12.0. The monoisotopic (exact) mass is 197 g/mol. The van der Waals surface area contributed by atoms with Gasteiger partial charge in [0, 0.05) is 18.4 Å². The first-order valence-electron chi connectivity index (χ1n) is 6.03. The zero-order valence-electron chi connectivity index (χ0n) is 9.30.